The third-order valence-electron chi connectivity index (χ3n) is 1.98. The lowest BCUT2D eigenvalue weighted by molar-refractivity contribution is -0.140. The third kappa shape index (κ3) is 7.53. The van der Waals surface area contributed by atoms with Crippen LogP contribution in [0, 0.1) is 0 Å². The molecule has 0 aromatic rings. The van der Waals surface area contributed by atoms with Gasteiger partial charge >= 0.3 is 14.5 Å². The Balaban J connectivity index is 3.79. The summed E-state index contributed by atoms with van der Waals surface area (Å²) in [5.41, 5.74) is 0. The van der Waals surface area contributed by atoms with E-state index in [0.29, 0.717) is 19.8 Å². The summed E-state index contributed by atoms with van der Waals surface area (Å²) in [6.07, 6.45) is 0.808. The minimum absolute atomic E-state index is 0.230. The molecule has 0 aliphatic heterocycles. The van der Waals surface area contributed by atoms with Crippen LogP contribution in [-0.4, -0.2) is 34.4 Å². The number of esters is 1. The molecule has 0 amide bonds. The van der Waals surface area contributed by atoms with Crippen LogP contribution in [-0.2, 0) is 18.4 Å². The molecule has 0 rings (SSSR count). The van der Waals surface area contributed by atoms with Gasteiger partial charge in [0.15, 0.2) is 0 Å². The topological polar surface area (TPSA) is 44.8 Å². The number of hydrogen-bond donors (Lipinski definition) is 0. The highest BCUT2D eigenvalue weighted by Gasteiger charge is 2.29. The van der Waals surface area contributed by atoms with Crippen LogP contribution in [0.25, 0.3) is 0 Å². The van der Waals surface area contributed by atoms with Gasteiger partial charge in [0.2, 0.25) is 0 Å². The molecule has 0 saturated heterocycles. The van der Waals surface area contributed by atoms with E-state index in [4.69, 9.17) is 13.6 Å². The van der Waals surface area contributed by atoms with Crippen molar-refractivity contribution in [1.82, 2.24) is 0 Å². The fourth-order valence-corrected chi connectivity index (χ4v) is 3.79. The van der Waals surface area contributed by atoms with Crippen molar-refractivity contribution in [3.8, 4) is 0 Å². The van der Waals surface area contributed by atoms with Gasteiger partial charge in [0.05, 0.1) is 6.61 Å². The van der Waals surface area contributed by atoms with Crippen LogP contribution >= 0.6 is 0 Å². The number of carbonyl (C=O) groups is 1. The van der Waals surface area contributed by atoms with Crippen molar-refractivity contribution < 1.29 is 18.4 Å². The summed E-state index contributed by atoms with van der Waals surface area (Å²) in [6.45, 7) is 9.22. The predicted molar refractivity (Wildman–Crippen MR) is 60.9 cm³/mol. The molecule has 0 aromatic heterocycles. The maximum Gasteiger partial charge on any atom is 0.335 e. The molecule has 0 radical (unpaired) electrons. The van der Waals surface area contributed by atoms with Gasteiger partial charge in [-0.05, 0) is 32.9 Å². The van der Waals surface area contributed by atoms with Crippen molar-refractivity contribution in [2.24, 2.45) is 0 Å². The second kappa shape index (κ2) is 7.84. The van der Waals surface area contributed by atoms with E-state index in [2.05, 4.69) is 0 Å². The fraction of sp³-hybridized carbons (Fsp3) is 0.900. The fourth-order valence-electron chi connectivity index (χ4n) is 1.41. The van der Waals surface area contributed by atoms with Crippen molar-refractivity contribution in [3.05, 3.63) is 0 Å². The summed E-state index contributed by atoms with van der Waals surface area (Å²) in [5, 5.41) is 0. The quantitative estimate of drug-likeness (QED) is 0.366. The monoisotopic (exact) mass is 234 g/mol. The largest absolute Gasteiger partial charge is 0.466 e. The Hall–Kier alpha value is -0.393. The molecule has 4 nitrogen and oxygen atoms in total. The van der Waals surface area contributed by atoms with Crippen LogP contribution in [0.5, 0.6) is 0 Å². The average molecular weight is 234 g/mol. The van der Waals surface area contributed by atoms with Crippen molar-refractivity contribution in [2.45, 2.75) is 39.8 Å². The zero-order valence-electron chi connectivity index (χ0n) is 10.2. The summed E-state index contributed by atoms with van der Waals surface area (Å²) in [5.74, 6) is -0.230. The first-order valence-electron chi connectivity index (χ1n) is 5.45. The standard InChI is InChI=1S/C10H22O4Si/c1-5-13-15(4,14-6-2)9-7-8-12-10(3)11/h5-9H2,1-4H3. The SMILES string of the molecule is CCO[Si](C)(CCCOC(C)=O)OCC. The Kier molecular flexibility index (Phi) is 7.64. The predicted octanol–water partition coefficient (Wildman–Crippen LogP) is 2.08. The normalized spacial score (nSPS) is 11.5. The van der Waals surface area contributed by atoms with Crippen molar-refractivity contribution in [3.63, 3.8) is 0 Å². The molecule has 0 unspecified atom stereocenters. The summed E-state index contributed by atoms with van der Waals surface area (Å²) in [4.78, 5) is 10.5. The van der Waals surface area contributed by atoms with E-state index in [0.717, 1.165) is 12.5 Å². The lowest BCUT2D eigenvalue weighted by Gasteiger charge is -2.25. The highest BCUT2D eigenvalue weighted by molar-refractivity contribution is 6.66. The molecule has 0 aromatic carbocycles. The van der Waals surface area contributed by atoms with E-state index in [1.807, 2.05) is 20.4 Å². The summed E-state index contributed by atoms with van der Waals surface area (Å²) >= 11 is 0. The van der Waals surface area contributed by atoms with Crippen LogP contribution in [0.15, 0.2) is 0 Å². The lowest BCUT2D eigenvalue weighted by Crippen LogP contribution is -2.38. The molecule has 0 aliphatic rings. The van der Waals surface area contributed by atoms with Crippen LogP contribution in [0.3, 0.4) is 0 Å². The number of rotatable bonds is 8. The highest BCUT2D eigenvalue weighted by atomic mass is 28.4. The third-order valence-corrected chi connectivity index (χ3v) is 5.04. The minimum atomic E-state index is -2.01. The molecule has 0 aliphatic carbocycles. The van der Waals surface area contributed by atoms with Crippen LogP contribution in [0.1, 0.15) is 27.2 Å². The van der Waals surface area contributed by atoms with Gasteiger partial charge in [-0.1, -0.05) is 0 Å². The molecular formula is C10H22O4Si. The Morgan fingerprint density at radius 1 is 1.20 bits per heavy atom. The van der Waals surface area contributed by atoms with Crippen LogP contribution in [0.4, 0.5) is 0 Å². The Morgan fingerprint density at radius 3 is 2.13 bits per heavy atom. The minimum Gasteiger partial charge on any atom is -0.466 e. The molecular weight excluding hydrogens is 212 g/mol. The Bertz CT molecular complexity index is 178. The van der Waals surface area contributed by atoms with Gasteiger partial charge in [-0.2, -0.15) is 0 Å². The molecule has 0 spiro atoms. The highest BCUT2D eigenvalue weighted by Crippen LogP contribution is 2.15. The van der Waals surface area contributed by atoms with Crippen molar-refractivity contribution in [1.29, 1.82) is 0 Å². The van der Waals surface area contributed by atoms with E-state index in [1.165, 1.54) is 6.92 Å². The molecule has 0 heterocycles. The van der Waals surface area contributed by atoms with Crippen LogP contribution < -0.4 is 0 Å². The number of hydrogen-bond acceptors (Lipinski definition) is 4. The van der Waals surface area contributed by atoms with Crippen LogP contribution in [0.2, 0.25) is 12.6 Å². The Morgan fingerprint density at radius 2 is 1.73 bits per heavy atom. The molecule has 0 N–H and O–H groups in total. The molecule has 90 valence electrons. The lowest BCUT2D eigenvalue weighted by atomic mass is 10.5. The maximum atomic E-state index is 10.5. The maximum absolute atomic E-state index is 10.5. The number of ether oxygens (including phenoxy) is 1. The molecule has 0 atom stereocenters. The van der Waals surface area contributed by atoms with E-state index in [1.54, 1.807) is 0 Å². The van der Waals surface area contributed by atoms with E-state index < -0.39 is 8.56 Å². The van der Waals surface area contributed by atoms with E-state index >= 15 is 0 Å². The summed E-state index contributed by atoms with van der Waals surface area (Å²) in [7, 11) is -2.01. The zero-order valence-corrected chi connectivity index (χ0v) is 11.2. The van der Waals surface area contributed by atoms with Crippen molar-refractivity contribution >= 4 is 14.5 Å². The molecule has 0 fully saturated rings. The van der Waals surface area contributed by atoms with E-state index in [9.17, 15) is 4.79 Å². The van der Waals surface area contributed by atoms with Gasteiger partial charge in [-0.3, -0.25) is 4.79 Å². The second-order valence-electron chi connectivity index (χ2n) is 3.44. The van der Waals surface area contributed by atoms with Crippen molar-refractivity contribution in [2.75, 3.05) is 19.8 Å². The second-order valence-corrected chi connectivity index (χ2v) is 6.79. The molecule has 15 heavy (non-hydrogen) atoms. The molecule has 0 bridgehead atoms. The molecule has 5 heteroatoms. The van der Waals surface area contributed by atoms with Gasteiger partial charge in [0.25, 0.3) is 0 Å². The van der Waals surface area contributed by atoms with E-state index in [-0.39, 0.29) is 5.97 Å². The zero-order chi connectivity index (χ0) is 11.7. The van der Waals surface area contributed by atoms with Gasteiger partial charge in [-0.25, -0.2) is 0 Å². The summed E-state index contributed by atoms with van der Waals surface area (Å²) in [6, 6.07) is 0.863. The van der Waals surface area contributed by atoms with Gasteiger partial charge in [-0.15, -0.1) is 0 Å². The first kappa shape index (κ1) is 14.6. The van der Waals surface area contributed by atoms with Gasteiger partial charge in [0, 0.05) is 20.1 Å². The first-order chi connectivity index (χ1) is 7.04. The molecule has 0 saturated carbocycles. The number of carbonyl (C=O) groups excluding carboxylic acids is 1. The van der Waals surface area contributed by atoms with Gasteiger partial charge in [0.1, 0.15) is 0 Å². The first-order valence-corrected chi connectivity index (χ1v) is 7.97. The summed E-state index contributed by atoms with van der Waals surface area (Å²) < 4.78 is 16.2. The Labute approximate surface area is 93.2 Å². The average Bonchev–Trinajstić information content (AvgIpc) is 2.13. The van der Waals surface area contributed by atoms with Gasteiger partial charge < -0.3 is 13.6 Å². The smallest absolute Gasteiger partial charge is 0.335 e.